The van der Waals surface area contributed by atoms with Crippen LogP contribution in [-0.4, -0.2) is 47.6 Å². The molecule has 0 amide bonds. The Balaban J connectivity index is 0. The fourth-order valence-corrected chi connectivity index (χ4v) is 0.539. The van der Waals surface area contributed by atoms with Crippen molar-refractivity contribution in [3.05, 3.63) is 0 Å². The molecule has 4 N–H and O–H groups in total. The maximum atomic E-state index is 9.31. The molecular formula is C10H26N2O2. The van der Waals surface area contributed by atoms with E-state index in [1.54, 1.807) is 11.8 Å². The van der Waals surface area contributed by atoms with E-state index < -0.39 is 5.60 Å². The third-order valence-electron chi connectivity index (χ3n) is 2.44. The van der Waals surface area contributed by atoms with Gasteiger partial charge < -0.3 is 15.9 Å². The highest BCUT2D eigenvalue weighted by molar-refractivity contribution is 4.74. The number of hydrogen-bond acceptors (Lipinski definition) is 4. The van der Waals surface area contributed by atoms with Gasteiger partial charge >= 0.3 is 0 Å². The van der Waals surface area contributed by atoms with E-state index >= 15 is 0 Å². The summed E-state index contributed by atoms with van der Waals surface area (Å²) >= 11 is 0. The highest BCUT2D eigenvalue weighted by Crippen LogP contribution is 2.10. The van der Waals surface area contributed by atoms with Crippen molar-refractivity contribution in [2.24, 2.45) is 5.73 Å². The van der Waals surface area contributed by atoms with Crippen molar-refractivity contribution < 1.29 is 10.2 Å². The number of rotatable bonds is 4. The van der Waals surface area contributed by atoms with Crippen molar-refractivity contribution in [1.82, 2.24) is 4.90 Å². The van der Waals surface area contributed by atoms with Gasteiger partial charge in [0.2, 0.25) is 0 Å². The lowest BCUT2D eigenvalue weighted by Crippen LogP contribution is -2.35. The summed E-state index contributed by atoms with van der Waals surface area (Å²) in [5.41, 5.74) is 4.68. The molecule has 0 aliphatic carbocycles. The fraction of sp³-hybridized carbons (Fsp3) is 1.00. The van der Waals surface area contributed by atoms with Crippen molar-refractivity contribution in [1.29, 1.82) is 0 Å². The molecule has 0 saturated heterocycles. The number of nitrogens with zero attached hydrogens (tertiary/aromatic N) is 1. The molecular weight excluding hydrogens is 180 g/mol. The quantitative estimate of drug-likeness (QED) is 0.582. The Morgan fingerprint density at radius 1 is 1.29 bits per heavy atom. The van der Waals surface area contributed by atoms with Crippen LogP contribution in [0.5, 0.6) is 0 Å². The third-order valence-corrected chi connectivity index (χ3v) is 2.44. The van der Waals surface area contributed by atoms with Gasteiger partial charge in [0.15, 0.2) is 0 Å². The Morgan fingerprint density at radius 2 is 1.57 bits per heavy atom. The molecule has 0 radical (unpaired) electrons. The molecule has 88 valence electrons. The van der Waals surface area contributed by atoms with E-state index in [4.69, 9.17) is 10.8 Å². The minimum Gasteiger partial charge on any atom is -0.389 e. The third kappa shape index (κ3) is 8.44. The summed E-state index contributed by atoms with van der Waals surface area (Å²) < 4.78 is 0. The Morgan fingerprint density at radius 3 is 1.57 bits per heavy atom. The van der Waals surface area contributed by atoms with Gasteiger partial charge in [-0.2, -0.15) is 0 Å². The SMILES string of the molecule is CC(O)N(C)C.CCC(O)(CC)CN. The largest absolute Gasteiger partial charge is 0.389 e. The molecule has 0 aliphatic rings. The van der Waals surface area contributed by atoms with Gasteiger partial charge in [-0.05, 0) is 33.9 Å². The van der Waals surface area contributed by atoms with E-state index in [-0.39, 0.29) is 6.23 Å². The average Bonchev–Trinajstić information content (AvgIpc) is 2.17. The highest BCUT2D eigenvalue weighted by atomic mass is 16.3. The first kappa shape index (κ1) is 16.3. The number of aliphatic hydroxyl groups excluding tert-OH is 1. The lowest BCUT2D eigenvalue weighted by atomic mass is 9.98. The standard InChI is InChI=1S/C6H15NO.C4H11NO/c1-3-6(8,4-2)5-7;1-4(6)5(2)3/h8H,3-5,7H2,1-2H3;4,6H,1-3H3. The molecule has 1 unspecified atom stereocenters. The van der Waals surface area contributed by atoms with Crippen LogP contribution < -0.4 is 5.73 Å². The normalized spacial score (nSPS) is 13.5. The molecule has 4 nitrogen and oxygen atoms in total. The van der Waals surface area contributed by atoms with Gasteiger partial charge in [0.1, 0.15) is 6.23 Å². The van der Waals surface area contributed by atoms with Gasteiger partial charge in [0, 0.05) is 6.54 Å². The molecule has 0 bridgehead atoms. The van der Waals surface area contributed by atoms with Crippen LogP contribution >= 0.6 is 0 Å². The molecule has 4 heteroatoms. The molecule has 0 aromatic heterocycles. The van der Waals surface area contributed by atoms with Crippen LogP contribution in [-0.2, 0) is 0 Å². The predicted molar refractivity (Wildman–Crippen MR) is 60.0 cm³/mol. The van der Waals surface area contributed by atoms with Gasteiger partial charge in [-0.25, -0.2) is 0 Å². The molecule has 0 saturated carbocycles. The predicted octanol–water partition coefficient (Wildman–Crippen LogP) is 0.383. The second kappa shape index (κ2) is 8.17. The Kier molecular flexibility index (Phi) is 9.50. The summed E-state index contributed by atoms with van der Waals surface area (Å²) in [5, 5.41) is 17.9. The number of nitrogens with two attached hydrogens (primary N) is 1. The van der Waals surface area contributed by atoms with Gasteiger partial charge in [0.05, 0.1) is 5.60 Å². The summed E-state index contributed by atoms with van der Waals surface area (Å²) in [6.07, 6.45) is 1.19. The van der Waals surface area contributed by atoms with Gasteiger partial charge in [-0.3, -0.25) is 4.90 Å². The van der Waals surface area contributed by atoms with Crippen LogP contribution in [0.4, 0.5) is 0 Å². The first-order valence-electron chi connectivity index (χ1n) is 5.09. The zero-order valence-corrected chi connectivity index (χ0v) is 10.1. The van der Waals surface area contributed by atoms with Crippen LogP contribution in [0, 0.1) is 0 Å². The molecule has 1 atom stereocenters. The first-order valence-corrected chi connectivity index (χ1v) is 5.09. The van der Waals surface area contributed by atoms with Crippen LogP contribution in [0.25, 0.3) is 0 Å². The van der Waals surface area contributed by atoms with E-state index in [1.165, 1.54) is 0 Å². The van der Waals surface area contributed by atoms with Gasteiger partial charge in [-0.15, -0.1) is 0 Å². The Bertz CT molecular complexity index is 109. The average molecular weight is 206 g/mol. The van der Waals surface area contributed by atoms with Crippen molar-refractivity contribution in [3.63, 3.8) is 0 Å². The Labute approximate surface area is 87.7 Å². The maximum Gasteiger partial charge on any atom is 0.104 e. The molecule has 0 aliphatic heterocycles. The van der Waals surface area contributed by atoms with Crippen LogP contribution in [0.3, 0.4) is 0 Å². The highest BCUT2D eigenvalue weighted by Gasteiger charge is 2.18. The van der Waals surface area contributed by atoms with E-state index in [0.29, 0.717) is 6.54 Å². The van der Waals surface area contributed by atoms with Crippen molar-refractivity contribution in [3.8, 4) is 0 Å². The monoisotopic (exact) mass is 206 g/mol. The number of hydrogen-bond donors (Lipinski definition) is 3. The summed E-state index contributed by atoms with van der Waals surface area (Å²) in [4.78, 5) is 1.72. The van der Waals surface area contributed by atoms with Gasteiger partial charge in [-0.1, -0.05) is 13.8 Å². The van der Waals surface area contributed by atoms with Crippen molar-refractivity contribution in [2.75, 3.05) is 20.6 Å². The zero-order valence-electron chi connectivity index (χ0n) is 10.1. The van der Waals surface area contributed by atoms with E-state index in [2.05, 4.69) is 0 Å². The van der Waals surface area contributed by atoms with Gasteiger partial charge in [0.25, 0.3) is 0 Å². The van der Waals surface area contributed by atoms with E-state index in [9.17, 15) is 5.11 Å². The topological polar surface area (TPSA) is 69.7 Å². The maximum absolute atomic E-state index is 9.31. The molecule has 0 aromatic carbocycles. The van der Waals surface area contributed by atoms with E-state index in [1.807, 2.05) is 27.9 Å². The summed E-state index contributed by atoms with van der Waals surface area (Å²) in [6, 6.07) is 0. The lowest BCUT2D eigenvalue weighted by Gasteiger charge is -2.21. The second-order valence-corrected chi connectivity index (χ2v) is 3.73. The summed E-state index contributed by atoms with van der Waals surface area (Å²) in [7, 11) is 3.65. The molecule has 14 heavy (non-hydrogen) atoms. The fourth-order valence-electron chi connectivity index (χ4n) is 0.539. The lowest BCUT2D eigenvalue weighted by molar-refractivity contribution is 0.0414. The minimum absolute atomic E-state index is 0.315. The Hall–Kier alpha value is -0.160. The molecule has 0 spiro atoms. The second-order valence-electron chi connectivity index (χ2n) is 3.73. The first-order chi connectivity index (χ1) is 6.32. The molecule has 0 heterocycles. The molecule has 0 aromatic rings. The number of aliphatic hydroxyl groups is 2. The van der Waals surface area contributed by atoms with Crippen molar-refractivity contribution in [2.45, 2.75) is 45.4 Å². The van der Waals surface area contributed by atoms with E-state index in [0.717, 1.165) is 12.8 Å². The van der Waals surface area contributed by atoms with Crippen LogP contribution in [0.1, 0.15) is 33.6 Å². The van der Waals surface area contributed by atoms with Crippen LogP contribution in [0.15, 0.2) is 0 Å². The molecule has 0 fully saturated rings. The van der Waals surface area contributed by atoms with Crippen LogP contribution in [0.2, 0.25) is 0 Å². The summed E-state index contributed by atoms with van der Waals surface area (Å²) in [6.45, 7) is 5.98. The minimum atomic E-state index is -0.597. The molecule has 0 rings (SSSR count). The summed E-state index contributed by atoms with van der Waals surface area (Å²) in [5.74, 6) is 0. The van der Waals surface area contributed by atoms with Crippen molar-refractivity contribution >= 4 is 0 Å². The zero-order chi connectivity index (χ0) is 11.8. The smallest absolute Gasteiger partial charge is 0.104 e.